The van der Waals surface area contributed by atoms with Gasteiger partial charge in [-0.1, -0.05) is 96.1 Å². The summed E-state index contributed by atoms with van der Waals surface area (Å²) < 4.78 is 0. The summed E-state index contributed by atoms with van der Waals surface area (Å²) in [7, 11) is 0. The van der Waals surface area contributed by atoms with Crippen molar-refractivity contribution in [2.24, 2.45) is 11.5 Å². The molecular weight excluding hydrogens is 765 g/mol. The molecule has 6 N–H and O–H groups in total. The van der Waals surface area contributed by atoms with Gasteiger partial charge in [-0.3, -0.25) is 10.8 Å². The average molecular weight is 807 g/mol. The van der Waals surface area contributed by atoms with Gasteiger partial charge < -0.3 is 11.5 Å². The molecule has 6 aromatic carbocycles. The Balaban J connectivity index is 0.000000215. The number of thioether (sulfide) groups is 4. The van der Waals surface area contributed by atoms with E-state index >= 15 is 0 Å². The van der Waals surface area contributed by atoms with Gasteiger partial charge in [0.05, 0.1) is 18.2 Å². The number of nitrogens with two attached hydrogens (primary N) is 2. The molecule has 0 unspecified atom stereocenters. The van der Waals surface area contributed by atoms with Crippen LogP contribution in [0.1, 0.15) is 50.1 Å². The highest BCUT2D eigenvalue weighted by atomic mass is 32.2. The number of hydrogen-bond donors (Lipinski definition) is 4. The Morgan fingerprint density at radius 3 is 1.12 bits per heavy atom. The molecule has 0 amide bonds. The second kappa shape index (κ2) is 21.1. The standard InChI is InChI=1S/C23H24N4S2.C23H18N2S2/c1-15-10-16(13-28-20-6-2-18(3-7-20)22(24)25)12-17(11-15)14-29-21-8-4-19(5-9-21)23(26)27;1-17-11-19(15-26-22-7-3-18(14-24)4-8-22)13-20(12-17)16-27-23-9-5-21(25-2)6-10-23/h2-12H,13-14H2,1H3,(H3,24,25)(H3,26,27);3-13H,15-16H2,1H3. The van der Waals surface area contributed by atoms with Crippen molar-refractivity contribution in [3.8, 4) is 6.07 Å². The summed E-state index contributed by atoms with van der Waals surface area (Å²) >= 11 is 7.13. The van der Waals surface area contributed by atoms with Gasteiger partial charge in [0.25, 0.3) is 0 Å². The highest BCUT2D eigenvalue weighted by molar-refractivity contribution is 7.99. The summed E-state index contributed by atoms with van der Waals surface area (Å²) in [6.45, 7) is 11.3. The van der Waals surface area contributed by atoms with E-state index in [1.54, 1.807) is 47.0 Å². The molecule has 0 aromatic heterocycles. The molecule has 0 spiro atoms. The third kappa shape index (κ3) is 13.4. The third-order valence-corrected chi connectivity index (χ3v) is 12.6. The monoisotopic (exact) mass is 806 g/mol. The van der Waals surface area contributed by atoms with Crippen LogP contribution in [0.5, 0.6) is 0 Å². The second-order valence-corrected chi connectivity index (χ2v) is 17.1. The van der Waals surface area contributed by atoms with Crippen LogP contribution in [0, 0.1) is 42.6 Å². The van der Waals surface area contributed by atoms with E-state index in [-0.39, 0.29) is 11.7 Å². The first kappa shape index (κ1) is 41.8. The Kier molecular flexibility index (Phi) is 15.7. The van der Waals surface area contributed by atoms with E-state index in [0.717, 1.165) is 43.9 Å². The summed E-state index contributed by atoms with van der Waals surface area (Å²) in [5.41, 5.74) is 21.6. The zero-order chi connectivity index (χ0) is 39.9. The van der Waals surface area contributed by atoms with Crippen molar-refractivity contribution in [1.29, 1.82) is 16.1 Å². The second-order valence-electron chi connectivity index (χ2n) is 12.9. The van der Waals surface area contributed by atoms with Crippen LogP contribution >= 0.6 is 47.0 Å². The Hall–Kier alpha value is -5.36. The summed E-state index contributed by atoms with van der Waals surface area (Å²) in [4.78, 5) is 8.11. The molecule has 6 aromatic rings. The number of amidine groups is 2. The Morgan fingerprint density at radius 2 is 0.839 bits per heavy atom. The molecule has 6 rings (SSSR count). The van der Waals surface area contributed by atoms with Gasteiger partial charge >= 0.3 is 0 Å². The van der Waals surface area contributed by atoms with Crippen LogP contribution in [-0.4, -0.2) is 11.7 Å². The molecule has 0 radical (unpaired) electrons. The number of aryl methyl sites for hydroxylation is 2. The largest absolute Gasteiger partial charge is 0.384 e. The first-order valence-electron chi connectivity index (χ1n) is 17.6. The molecule has 0 atom stereocenters. The van der Waals surface area contributed by atoms with E-state index in [0.29, 0.717) is 11.3 Å². The molecule has 10 heteroatoms. The van der Waals surface area contributed by atoms with Crippen LogP contribution in [0.4, 0.5) is 5.69 Å². The molecule has 0 fully saturated rings. The van der Waals surface area contributed by atoms with Crippen molar-refractivity contribution in [2.45, 2.75) is 56.4 Å². The maximum Gasteiger partial charge on any atom is 0.187 e. The first-order valence-corrected chi connectivity index (χ1v) is 21.6. The zero-order valence-corrected chi connectivity index (χ0v) is 34.5. The molecule has 0 bridgehead atoms. The van der Waals surface area contributed by atoms with Gasteiger partial charge in [0.15, 0.2) is 5.69 Å². The molecule has 0 saturated carbocycles. The van der Waals surface area contributed by atoms with Crippen molar-refractivity contribution < 1.29 is 0 Å². The highest BCUT2D eigenvalue weighted by Crippen LogP contribution is 2.30. The van der Waals surface area contributed by atoms with Crippen LogP contribution in [0.25, 0.3) is 4.85 Å². The van der Waals surface area contributed by atoms with E-state index < -0.39 is 0 Å². The molecule has 0 heterocycles. The van der Waals surface area contributed by atoms with E-state index in [2.05, 4.69) is 61.2 Å². The number of rotatable bonds is 14. The predicted octanol–water partition coefficient (Wildman–Crippen LogP) is 12.1. The average Bonchev–Trinajstić information content (AvgIpc) is 3.21. The minimum Gasteiger partial charge on any atom is -0.384 e. The molecule has 0 aliphatic rings. The van der Waals surface area contributed by atoms with Crippen LogP contribution in [0.2, 0.25) is 0 Å². The predicted molar refractivity (Wildman–Crippen MR) is 239 cm³/mol. The van der Waals surface area contributed by atoms with E-state index in [9.17, 15) is 0 Å². The summed E-state index contributed by atoms with van der Waals surface area (Å²) in [6, 6.07) is 46.7. The quantitative estimate of drug-likeness (QED) is 0.0373. The van der Waals surface area contributed by atoms with Crippen LogP contribution in [0.15, 0.2) is 153 Å². The number of nitrogens with one attached hydrogen (secondary N) is 2. The van der Waals surface area contributed by atoms with E-state index in [4.69, 9.17) is 34.1 Å². The Morgan fingerprint density at radius 1 is 0.536 bits per heavy atom. The van der Waals surface area contributed by atoms with Gasteiger partial charge in [-0.2, -0.15) is 5.26 Å². The lowest BCUT2D eigenvalue weighted by Gasteiger charge is -2.09. The molecular formula is C46H42N6S4. The molecule has 280 valence electrons. The maximum absolute atomic E-state index is 8.88. The molecule has 0 aliphatic carbocycles. The van der Waals surface area contributed by atoms with Gasteiger partial charge in [-0.05, 0) is 84.6 Å². The normalized spacial score (nSPS) is 10.4. The van der Waals surface area contributed by atoms with E-state index in [1.165, 1.54) is 43.2 Å². The van der Waals surface area contributed by atoms with Crippen LogP contribution in [0.3, 0.4) is 0 Å². The summed E-state index contributed by atoms with van der Waals surface area (Å²) in [5.74, 6) is 3.80. The third-order valence-electron chi connectivity index (χ3n) is 8.30. The Bertz CT molecular complexity index is 2180. The van der Waals surface area contributed by atoms with Gasteiger partial charge in [0.1, 0.15) is 11.7 Å². The van der Waals surface area contributed by atoms with Crippen molar-refractivity contribution in [3.05, 3.63) is 195 Å². The van der Waals surface area contributed by atoms with Crippen molar-refractivity contribution >= 4 is 64.4 Å². The van der Waals surface area contributed by atoms with Crippen LogP contribution < -0.4 is 11.5 Å². The smallest absolute Gasteiger partial charge is 0.187 e. The Labute approximate surface area is 347 Å². The zero-order valence-electron chi connectivity index (χ0n) is 31.2. The van der Waals surface area contributed by atoms with Gasteiger partial charge in [0.2, 0.25) is 0 Å². The van der Waals surface area contributed by atoms with Crippen molar-refractivity contribution in [3.63, 3.8) is 0 Å². The first-order chi connectivity index (χ1) is 27.1. The molecule has 6 nitrogen and oxygen atoms in total. The number of benzene rings is 6. The maximum atomic E-state index is 8.88. The number of nitriles is 1. The topological polar surface area (TPSA) is 128 Å². The lowest BCUT2D eigenvalue weighted by atomic mass is 10.1. The number of hydrogen-bond acceptors (Lipinski definition) is 7. The number of nitrogen functional groups attached to an aromatic ring is 2. The fraction of sp³-hybridized carbons (Fsp3) is 0.130. The minimum atomic E-state index is 0.0957. The SMILES string of the molecule is Cc1cc(CSc2ccc(C(=N)N)cc2)cc(CSc2ccc(C(=N)N)cc2)c1.[C-]#[N+]c1ccc(SCc2cc(C)cc(CSc3ccc(C#N)cc3)c2)cc1. The number of nitrogens with zero attached hydrogens (tertiary/aromatic N) is 2. The lowest BCUT2D eigenvalue weighted by molar-refractivity contribution is 1.27. The molecule has 0 aliphatic heterocycles. The fourth-order valence-corrected chi connectivity index (χ4v) is 8.91. The van der Waals surface area contributed by atoms with Crippen molar-refractivity contribution in [2.75, 3.05) is 0 Å². The molecule has 0 saturated heterocycles. The van der Waals surface area contributed by atoms with E-state index in [1.807, 2.05) is 97.1 Å². The summed E-state index contributed by atoms with van der Waals surface area (Å²) in [5, 5.41) is 23.8. The fourth-order valence-electron chi connectivity index (χ4n) is 5.60. The van der Waals surface area contributed by atoms with Crippen LogP contribution in [-0.2, 0) is 23.0 Å². The summed E-state index contributed by atoms with van der Waals surface area (Å²) in [6.07, 6.45) is 0. The minimum absolute atomic E-state index is 0.0957. The van der Waals surface area contributed by atoms with Gasteiger partial charge in [-0.15, -0.1) is 47.0 Å². The highest BCUT2D eigenvalue weighted by Gasteiger charge is 2.06. The van der Waals surface area contributed by atoms with Crippen molar-refractivity contribution in [1.82, 2.24) is 0 Å². The lowest BCUT2D eigenvalue weighted by Crippen LogP contribution is -2.10. The van der Waals surface area contributed by atoms with Gasteiger partial charge in [0, 0.05) is 53.7 Å². The molecule has 56 heavy (non-hydrogen) atoms. The van der Waals surface area contributed by atoms with Gasteiger partial charge in [-0.25, -0.2) is 4.85 Å².